The number of nitrogens with zero attached hydrogens (tertiary/aromatic N) is 10. The first-order chi connectivity index (χ1) is 27.9. The number of aryl methyl sites for hydroxylation is 3. The van der Waals surface area contributed by atoms with Crippen LogP contribution in [0.2, 0.25) is 0 Å². The van der Waals surface area contributed by atoms with Crippen LogP contribution in [0.15, 0.2) is 132 Å². The molecule has 4 aromatic heterocycles. The van der Waals surface area contributed by atoms with E-state index in [0.29, 0.717) is 11.2 Å². The molecule has 1 aliphatic carbocycles. The third-order valence-electron chi connectivity index (χ3n) is 11.2. The van der Waals surface area contributed by atoms with Gasteiger partial charge in [0.1, 0.15) is 33.1 Å². The molecule has 274 valence electrons. The molecule has 12 heteroatoms. The molecule has 1 aliphatic heterocycles. The van der Waals surface area contributed by atoms with Crippen LogP contribution in [0.1, 0.15) is 11.5 Å². The highest BCUT2D eigenvalue weighted by atomic mass is 32.2. The van der Waals surface area contributed by atoms with Crippen molar-refractivity contribution in [2.45, 2.75) is 16.1 Å². The molecule has 10 aromatic rings. The van der Waals surface area contributed by atoms with Crippen molar-refractivity contribution in [2.75, 3.05) is 4.90 Å². The van der Waals surface area contributed by atoms with Crippen molar-refractivity contribution in [1.29, 1.82) is 0 Å². The highest BCUT2D eigenvalue weighted by Gasteiger charge is 2.32. The van der Waals surface area contributed by atoms with Crippen molar-refractivity contribution < 1.29 is 0 Å². The third-order valence-corrected chi connectivity index (χ3v) is 13.7. The Balaban J connectivity index is 1.07. The number of thiophene rings is 1. The third kappa shape index (κ3) is 4.97. The van der Waals surface area contributed by atoms with E-state index in [1.165, 1.54) is 30.6 Å². The molecule has 0 amide bonds. The standard InChI is InChI=1S/C45H32N10S2/c1-52-46-33-11-8-12-34(43(33)49-52)55(35-19-17-27(41-44(35)50-53(2)47-41)25-15-21-39-31(23-25)29-9-4-6-13-37(29)56-39)36-20-18-28(42-45(36)51-54(3)48-42)26-16-22-40-32(24-26)30-10-5-7-14-38(30)57-40/h4-24,29,37H,1-3H3. The van der Waals surface area contributed by atoms with Crippen LogP contribution in [-0.2, 0) is 21.1 Å². The lowest BCUT2D eigenvalue weighted by Gasteiger charge is -2.26. The smallest absolute Gasteiger partial charge is 0.137 e. The molecular weight excluding hydrogens is 745 g/mol. The van der Waals surface area contributed by atoms with Gasteiger partial charge >= 0.3 is 0 Å². The molecule has 2 unspecified atom stereocenters. The van der Waals surface area contributed by atoms with Crippen LogP contribution in [-0.4, -0.2) is 50.2 Å². The largest absolute Gasteiger partial charge is 0.304 e. The Kier molecular flexibility index (Phi) is 6.97. The van der Waals surface area contributed by atoms with E-state index in [2.05, 4.69) is 125 Å². The minimum Gasteiger partial charge on any atom is -0.304 e. The van der Waals surface area contributed by atoms with Gasteiger partial charge in [0.15, 0.2) is 0 Å². The van der Waals surface area contributed by atoms with Crippen LogP contribution in [0.5, 0.6) is 0 Å². The van der Waals surface area contributed by atoms with Gasteiger partial charge in [0.25, 0.3) is 0 Å². The van der Waals surface area contributed by atoms with Crippen molar-refractivity contribution >= 4 is 93.4 Å². The quantitative estimate of drug-likeness (QED) is 0.171. The van der Waals surface area contributed by atoms with Gasteiger partial charge in [0, 0.05) is 68.5 Å². The fourth-order valence-corrected chi connectivity index (χ4v) is 11.1. The first kappa shape index (κ1) is 32.6. The summed E-state index contributed by atoms with van der Waals surface area (Å²) in [6.45, 7) is 0. The van der Waals surface area contributed by atoms with Gasteiger partial charge in [-0.15, -0.1) is 23.1 Å². The van der Waals surface area contributed by atoms with E-state index in [4.69, 9.17) is 25.5 Å². The number of rotatable bonds is 5. The molecule has 0 fully saturated rings. The second-order valence-corrected chi connectivity index (χ2v) is 17.0. The average Bonchev–Trinajstić information content (AvgIpc) is 4.05. The molecule has 0 N–H and O–H groups in total. The van der Waals surface area contributed by atoms with E-state index >= 15 is 0 Å². The number of benzene rings is 6. The van der Waals surface area contributed by atoms with Gasteiger partial charge in [-0.05, 0) is 83.4 Å². The Hall–Kier alpha value is -6.63. The molecule has 0 saturated heterocycles. The van der Waals surface area contributed by atoms with Gasteiger partial charge < -0.3 is 4.90 Å². The monoisotopic (exact) mass is 776 g/mol. The van der Waals surface area contributed by atoms with Crippen LogP contribution in [0.25, 0.3) is 75.5 Å². The summed E-state index contributed by atoms with van der Waals surface area (Å²) in [4.78, 5) is 8.48. The second-order valence-electron chi connectivity index (χ2n) is 14.6. The first-order valence-electron chi connectivity index (χ1n) is 18.8. The zero-order chi connectivity index (χ0) is 37.9. The van der Waals surface area contributed by atoms with Crippen molar-refractivity contribution in [1.82, 2.24) is 45.0 Å². The van der Waals surface area contributed by atoms with Gasteiger partial charge in [-0.25, -0.2) is 0 Å². The molecule has 0 saturated carbocycles. The highest BCUT2D eigenvalue weighted by molar-refractivity contribution is 8.00. The van der Waals surface area contributed by atoms with Crippen LogP contribution in [0.4, 0.5) is 17.1 Å². The van der Waals surface area contributed by atoms with Crippen LogP contribution in [0.3, 0.4) is 0 Å². The molecule has 5 heterocycles. The molecule has 6 aromatic carbocycles. The van der Waals surface area contributed by atoms with Crippen LogP contribution in [0, 0.1) is 0 Å². The van der Waals surface area contributed by atoms with E-state index in [1.54, 1.807) is 14.4 Å². The summed E-state index contributed by atoms with van der Waals surface area (Å²) in [5, 5.41) is 32.6. The van der Waals surface area contributed by atoms with Gasteiger partial charge in [0.2, 0.25) is 0 Å². The number of hydrogen-bond donors (Lipinski definition) is 0. The number of aromatic nitrogens is 9. The Morgan fingerprint density at radius 1 is 0.526 bits per heavy atom. The van der Waals surface area contributed by atoms with Gasteiger partial charge in [-0.1, -0.05) is 60.7 Å². The summed E-state index contributed by atoms with van der Waals surface area (Å²) >= 11 is 3.76. The maximum atomic E-state index is 5.05. The lowest BCUT2D eigenvalue weighted by atomic mass is 9.90. The van der Waals surface area contributed by atoms with Crippen molar-refractivity contribution in [2.24, 2.45) is 21.1 Å². The Labute approximate surface area is 334 Å². The van der Waals surface area contributed by atoms with Crippen LogP contribution >= 0.6 is 23.1 Å². The Morgan fingerprint density at radius 2 is 1.16 bits per heavy atom. The summed E-state index contributed by atoms with van der Waals surface area (Å²) in [6, 6.07) is 36.9. The van der Waals surface area contributed by atoms with Gasteiger partial charge in [-0.3, -0.25) is 0 Å². The molecule has 57 heavy (non-hydrogen) atoms. The zero-order valence-electron chi connectivity index (χ0n) is 31.1. The predicted octanol–water partition coefficient (Wildman–Crippen LogP) is 10.4. The van der Waals surface area contributed by atoms with E-state index in [9.17, 15) is 0 Å². The predicted molar refractivity (Wildman–Crippen MR) is 232 cm³/mol. The van der Waals surface area contributed by atoms with Crippen LogP contribution < -0.4 is 4.90 Å². The molecule has 2 atom stereocenters. The first-order valence-corrected chi connectivity index (χ1v) is 20.5. The lowest BCUT2D eigenvalue weighted by molar-refractivity contribution is 0.665. The SMILES string of the molecule is Cn1nc2cccc(N(c3ccc(-c4ccc5c(c4)C4C=CC=CC4S5)c4nn(C)nc34)c3ccc(-c4ccc5sc6ccccc6c5c4)c4nn(C)nc34)c2n1. The highest BCUT2D eigenvalue weighted by Crippen LogP contribution is 2.50. The average molecular weight is 777 g/mol. The summed E-state index contributed by atoms with van der Waals surface area (Å²) < 4.78 is 2.54. The van der Waals surface area contributed by atoms with Crippen molar-refractivity contribution in [3.63, 3.8) is 0 Å². The number of hydrogen-bond acceptors (Lipinski definition) is 9. The second kappa shape index (κ2) is 12.2. The molecule has 12 rings (SSSR count). The normalized spacial score (nSPS) is 16.1. The lowest BCUT2D eigenvalue weighted by Crippen LogP contribution is -2.12. The maximum absolute atomic E-state index is 5.05. The fourth-order valence-electron chi connectivity index (χ4n) is 8.69. The minimum atomic E-state index is 0.360. The fraction of sp³-hybridized carbons (Fsp3) is 0.111. The Bertz CT molecular complexity index is 3370. The van der Waals surface area contributed by atoms with E-state index in [1.807, 2.05) is 56.4 Å². The number of anilines is 3. The summed E-state index contributed by atoms with van der Waals surface area (Å²) in [5.41, 5.74) is 12.8. The molecule has 0 spiro atoms. The van der Waals surface area contributed by atoms with Crippen molar-refractivity contribution in [3.8, 4) is 22.3 Å². The zero-order valence-corrected chi connectivity index (χ0v) is 32.7. The number of fused-ring (bicyclic) bond motifs is 9. The number of allylic oxidation sites excluding steroid dienone is 3. The minimum absolute atomic E-state index is 0.360. The van der Waals surface area contributed by atoms with Gasteiger partial charge in [0.05, 0.1) is 17.1 Å². The molecule has 0 radical (unpaired) electrons. The summed E-state index contributed by atoms with van der Waals surface area (Å²) in [5.74, 6) is 0.360. The van der Waals surface area contributed by atoms with E-state index in [0.717, 1.165) is 72.4 Å². The Morgan fingerprint density at radius 3 is 1.95 bits per heavy atom. The van der Waals surface area contributed by atoms with Gasteiger partial charge in [-0.2, -0.15) is 45.0 Å². The van der Waals surface area contributed by atoms with E-state index < -0.39 is 0 Å². The molecular formula is C45H32N10S2. The summed E-state index contributed by atoms with van der Waals surface area (Å²) in [7, 11) is 5.61. The molecule has 2 aliphatic rings. The topological polar surface area (TPSA) is 95.4 Å². The maximum Gasteiger partial charge on any atom is 0.137 e. The molecule has 0 bridgehead atoms. The molecule has 10 nitrogen and oxygen atoms in total. The van der Waals surface area contributed by atoms with Crippen molar-refractivity contribution in [3.05, 3.63) is 133 Å². The van der Waals surface area contributed by atoms with E-state index in [-0.39, 0.29) is 0 Å². The summed E-state index contributed by atoms with van der Waals surface area (Å²) in [6.07, 6.45) is 8.95. The number of thioether (sulfide) groups is 1.